The number of nitrogens with one attached hydrogen (secondary N) is 2. The topological polar surface area (TPSA) is 80.3 Å². The van der Waals surface area contributed by atoms with E-state index in [1.165, 1.54) is 29.4 Å². The average molecular weight is 438 g/mol. The second kappa shape index (κ2) is 10.7. The number of carbonyl (C=O) groups excluding carboxylic acids is 2. The van der Waals surface area contributed by atoms with Crippen LogP contribution in [-0.4, -0.2) is 29.9 Å². The molecule has 7 heteroatoms. The number of amides is 2. The molecular formula is C24H27N3O3S. The van der Waals surface area contributed by atoms with Gasteiger partial charge in [0.15, 0.2) is 11.7 Å². The third-order valence-corrected chi connectivity index (χ3v) is 5.62. The highest BCUT2D eigenvalue weighted by Gasteiger charge is 2.09. The Bertz CT molecular complexity index is 1040. The molecule has 1 aromatic heterocycles. The van der Waals surface area contributed by atoms with Crippen LogP contribution in [0.4, 0.5) is 5.13 Å². The van der Waals surface area contributed by atoms with Crippen LogP contribution in [0.25, 0.3) is 11.3 Å². The van der Waals surface area contributed by atoms with Crippen LogP contribution in [0.2, 0.25) is 0 Å². The van der Waals surface area contributed by atoms with E-state index in [0.29, 0.717) is 17.4 Å². The van der Waals surface area contributed by atoms with Gasteiger partial charge in [0.2, 0.25) is 5.91 Å². The summed E-state index contributed by atoms with van der Waals surface area (Å²) in [6, 6.07) is 13.9. The summed E-state index contributed by atoms with van der Waals surface area (Å²) in [7, 11) is 0. The van der Waals surface area contributed by atoms with E-state index in [1.807, 2.05) is 49.6 Å². The molecule has 0 aliphatic carbocycles. The summed E-state index contributed by atoms with van der Waals surface area (Å²) in [5.74, 6) is 0.433. The molecule has 0 unspecified atom stereocenters. The molecule has 0 radical (unpaired) electrons. The summed E-state index contributed by atoms with van der Waals surface area (Å²) in [5, 5.41) is 8.06. The van der Waals surface area contributed by atoms with Crippen molar-refractivity contribution in [3.63, 3.8) is 0 Å². The van der Waals surface area contributed by atoms with E-state index >= 15 is 0 Å². The van der Waals surface area contributed by atoms with Crippen molar-refractivity contribution in [1.29, 1.82) is 0 Å². The van der Waals surface area contributed by atoms with E-state index in [4.69, 9.17) is 4.74 Å². The van der Waals surface area contributed by atoms with Gasteiger partial charge < -0.3 is 10.1 Å². The SMILES string of the molecule is CC(=O)NCCCc1ccc(-c2csc(NC(=O)COc3ccc(C)c(C)c3)n2)cc1. The highest BCUT2D eigenvalue weighted by molar-refractivity contribution is 7.14. The maximum atomic E-state index is 12.2. The largest absolute Gasteiger partial charge is 0.484 e. The first-order chi connectivity index (χ1) is 14.9. The fourth-order valence-electron chi connectivity index (χ4n) is 2.97. The summed E-state index contributed by atoms with van der Waals surface area (Å²) in [5.41, 5.74) is 5.33. The Hall–Kier alpha value is -3.19. The molecule has 3 rings (SSSR count). The molecule has 0 saturated carbocycles. The van der Waals surface area contributed by atoms with Gasteiger partial charge in [0, 0.05) is 24.4 Å². The van der Waals surface area contributed by atoms with Crippen molar-refractivity contribution >= 4 is 28.3 Å². The molecular weight excluding hydrogens is 410 g/mol. The summed E-state index contributed by atoms with van der Waals surface area (Å²) in [4.78, 5) is 27.6. The van der Waals surface area contributed by atoms with Gasteiger partial charge in [0.05, 0.1) is 5.69 Å². The number of hydrogen-bond acceptors (Lipinski definition) is 5. The number of benzene rings is 2. The Kier molecular flexibility index (Phi) is 7.78. The maximum Gasteiger partial charge on any atom is 0.264 e. The van der Waals surface area contributed by atoms with Gasteiger partial charge in [0.1, 0.15) is 5.75 Å². The highest BCUT2D eigenvalue weighted by Crippen LogP contribution is 2.25. The first kappa shape index (κ1) is 22.5. The third kappa shape index (κ3) is 6.93. The maximum absolute atomic E-state index is 12.2. The number of aromatic nitrogens is 1. The highest BCUT2D eigenvalue weighted by atomic mass is 32.1. The molecule has 31 heavy (non-hydrogen) atoms. The standard InChI is InChI=1S/C24H27N3O3S/c1-16-6-11-21(13-17(16)2)30-14-23(29)27-24-26-22(15-31-24)20-9-7-19(8-10-20)5-4-12-25-18(3)28/h6-11,13,15H,4-5,12,14H2,1-3H3,(H,25,28)(H,26,27,29). The van der Waals surface area contributed by atoms with Crippen molar-refractivity contribution < 1.29 is 14.3 Å². The van der Waals surface area contributed by atoms with Crippen molar-refractivity contribution in [1.82, 2.24) is 10.3 Å². The van der Waals surface area contributed by atoms with E-state index in [9.17, 15) is 9.59 Å². The van der Waals surface area contributed by atoms with Crippen molar-refractivity contribution in [2.24, 2.45) is 0 Å². The van der Waals surface area contributed by atoms with Gasteiger partial charge in [0.25, 0.3) is 5.91 Å². The average Bonchev–Trinajstić information content (AvgIpc) is 3.21. The van der Waals surface area contributed by atoms with Crippen LogP contribution in [0.3, 0.4) is 0 Å². The zero-order valence-electron chi connectivity index (χ0n) is 18.0. The number of aryl methyl sites for hydroxylation is 3. The smallest absolute Gasteiger partial charge is 0.264 e. The lowest BCUT2D eigenvalue weighted by Gasteiger charge is -2.08. The first-order valence-electron chi connectivity index (χ1n) is 10.2. The number of nitrogens with zero attached hydrogens (tertiary/aromatic N) is 1. The molecule has 0 saturated heterocycles. The molecule has 0 aliphatic rings. The Labute approximate surface area is 186 Å². The normalized spacial score (nSPS) is 10.5. The van der Waals surface area contributed by atoms with Crippen LogP contribution in [0, 0.1) is 13.8 Å². The van der Waals surface area contributed by atoms with Crippen molar-refractivity contribution in [2.75, 3.05) is 18.5 Å². The number of anilines is 1. The van der Waals surface area contributed by atoms with E-state index in [0.717, 1.165) is 29.7 Å². The Morgan fingerprint density at radius 3 is 2.55 bits per heavy atom. The summed E-state index contributed by atoms with van der Waals surface area (Å²) in [6.07, 6.45) is 1.80. The van der Waals surface area contributed by atoms with Crippen molar-refractivity contribution in [3.05, 3.63) is 64.5 Å². The minimum atomic E-state index is -0.242. The lowest BCUT2D eigenvalue weighted by Crippen LogP contribution is -2.21. The van der Waals surface area contributed by atoms with Gasteiger partial charge in [-0.1, -0.05) is 30.3 Å². The lowest BCUT2D eigenvalue weighted by molar-refractivity contribution is -0.119. The zero-order valence-corrected chi connectivity index (χ0v) is 18.8. The summed E-state index contributed by atoms with van der Waals surface area (Å²) < 4.78 is 5.58. The van der Waals surface area contributed by atoms with E-state index < -0.39 is 0 Å². The quantitative estimate of drug-likeness (QED) is 0.483. The molecule has 0 fully saturated rings. The van der Waals surface area contributed by atoms with Crippen LogP contribution in [-0.2, 0) is 16.0 Å². The first-order valence-corrected chi connectivity index (χ1v) is 11.1. The van der Waals surface area contributed by atoms with Crippen LogP contribution in [0.1, 0.15) is 30.0 Å². The van der Waals surface area contributed by atoms with Crippen LogP contribution in [0.5, 0.6) is 5.75 Å². The number of carbonyl (C=O) groups is 2. The fourth-order valence-corrected chi connectivity index (χ4v) is 3.71. The number of ether oxygens (including phenoxy) is 1. The van der Waals surface area contributed by atoms with Crippen molar-refractivity contribution in [3.8, 4) is 17.0 Å². The second-order valence-corrected chi connectivity index (χ2v) is 8.26. The van der Waals surface area contributed by atoms with Gasteiger partial charge in [-0.05, 0) is 55.5 Å². The minimum Gasteiger partial charge on any atom is -0.484 e. The number of hydrogen-bond donors (Lipinski definition) is 2. The molecule has 162 valence electrons. The molecule has 0 spiro atoms. The third-order valence-electron chi connectivity index (χ3n) is 4.86. The van der Waals surface area contributed by atoms with Gasteiger partial charge in [-0.25, -0.2) is 4.98 Å². The molecule has 0 aliphatic heterocycles. The minimum absolute atomic E-state index is 0.00131. The number of rotatable bonds is 9. The van der Waals surface area contributed by atoms with Gasteiger partial charge >= 0.3 is 0 Å². The van der Waals surface area contributed by atoms with Gasteiger partial charge in [-0.2, -0.15) is 0 Å². The lowest BCUT2D eigenvalue weighted by atomic mass is 10.1. The monoisotopic (exact) mass is 437 g/mol. The van der Waals surface area contributed by atoms with Gasteiger partial charge in [-0.3, -0.25) is 14.9 Å². The zero-order chi connectivity index (χ0) is 22.2. The predicted octanol–water partition coefficient (Wildman–Crippen LogP) is 4.51. The summed E-state index contributed by atoms with van der Waals surface area (Å²) in [6.45, 7) is 6.19. The van der Waals surface area contributed by atoms with E-state index in [1.54, 1.807) is 0 Å². The predicted molar refractivity (Wildman–Crippen MR) is 125 cm³/mol. The molecule has 2 N–H and O–H groups in total. The molecule has 3 aromatic rings. The Morgan fingerprint density at radius 1 is 1.06 bits per heavy atom. The fraction of sp³-hybridized carbons (Fsp3) is 0.292. The molecule has 6 nitrogen and oxygen atoms in total. The molecule has 0 bridgehead atoms. The molecule has 1 heterocycles. The van der Waals surface area contributed by atoms with E-state index in [2.05, 4.69) is 27.8 Å². The molecule has 2 amide bonds. The molecule has 2 aromatic carbocycles. The van der Waals surface area contributed by atoms with Crippen LogP contribution in [0.15, 0.2) is 47.8 Å². The number of thiazole rings is 1. The van der Waals surface area contributed by atoms with E-state index in [-0.39, 0.29) is 18.4 Å². The van der Waals surface area contributed by atoms with Crippen LogP contribution >= 0.6 is 11.3 Å². The summed E-state index contributed by atoms with van der Waals surface area (Å²) >= 11 is 1.38. The van der Waals surface area contributed by atoms with Gasteiger partial charge in [-0.15, -0.1) is 11.3 Å². The Balaban J connectivity index is 1.49. The van der Waals surface area contributed by atoms with Crippen molar-refractivity contribution in [2.45, 2.75) is 33.6 Å². The second-order valence-electron chi connectivity index (χ2n) is 7.40. The molecule has 0 atom stereocenters. The van der Waals surface area contributed by atoms with Crippen LogP contribution < -0.4 is 15.4 Å². The Morgan fingerprint density at radius 2 is 1.84 bits per heavy atom.